The van der Waals surface area contributed by atoms with Crippen molar-refractivity contribution in [3.05, 3.63) is 0 Å². The number of hydrogen-bond donors (Lipinski definition) is 2. The van der Waals surface area contributed by atoms with Crippen LogP contribution in [0, 0.1) is 0 Å². The number of carbonyl (C=O) groups is 1. The van der Waals surface area contributed by atoms with Crippen molar-refractivity contribution in [1.82, 2.24) is 5.43 Å². The topological polar surface area (TPSA) is 101 Å². The minimum absolute atomic E-state index is 0.446. The van der Waals surface area contributed by atoms with E-state index in [0.717, 1.165) is 0 Å². The Balaban J connectivity index is 1.90. The minimum atomic E-state index is -0.898. The molecule has 1 amide bonds. The molecular weight excluding hydrogens is 268 g/mol. The van der Waals surface area contributed by atoms with Crippen molar-refractivity contribution >= 4 is 5.91 Å². The second kappa shape index (κ2) is 4.36. The van der Waals surface area contributed by atoms with E-state index in [0.29, 0.717) is 0 Å². The zero-order valence-corrected chi connectivity index (χ0v) is 11.9. The predicted molar refractivity (Wildman–Crippen MR) is 64.9 cm³/mol. The van der Waals surface area contributed by atoms with Crippen LogP contribution in [0.15, 0.2) is 0 Å². The van der Waals surface area contributed by atoms with Gasteiger partial charge in [-0.05, 0) is 27.7 Å². The van der Waals surface area contributed by atoms with Crippen LogP contribution in [0.3, 0.4) is 0 Å². The summed E-state index contributed by atoms with van der Waals surface area (Å²) >= 11 is 0. The smallest absolute Gasteiger partial charge is 0.265 e. The van der Waals surface area contributed by atoms with Crippen molar-refractivity contribution < 1.29 is 28.5 Å². The zero-order chi connectivity index (χ0) is 14.7. The molecule has 3 heterocycles. The maximum Gasteiger partial charge on any atom is 0.265 e. The molecule has 3 aliphatic rings. The third-order valence-corrected chi connectivity index (χ3v) is 3.56. The Kier molecular flexibility index (Phi) is 3.09. The lowest BCUT2D eigenvalue weighted by Crippen LogP contribution is -2.60. The van der Waals surface area contributed by atoms with E-state index >= 15 is 0 Å². The second-order valence-electron chi connectivity index (χ2n) is 6.10. The normalized spacial score (nSPS) is 44.8. The molecule has 8 nitrogen and oxygen atoms in total. The molecule has 0 aliphatic carbocycles. The lowest BCUT2D eigenvalue weighted by Gasteiger charge is -2.36. The van der Waals surface area contributed by atoms with Gasteiger partial charge in [-0.2, -0.15) is 0 Å². The van der Waals surface area contributed by atoms with Gasteiger partial charge < -0.3 is 23.7 Å². The third kappa shape index (κ3) is 2.22. The van der Waals surface area contributed by atoms with Crippen LogP contribution in [0.4, 0.5) is 0 Å². The van der Waals surface area contributed by atoms with Crippen molar-refractivity contribution in [3.63, 3.8) is 0 Å². The number of hydrazine groups is 1. The number of ether oxygens (including phenoxy) is 5. The largest absolute Gasteiger partial charge is 0.342 e. The number of hydrogen-bond acceptors (Lipinski definition) is 7. The first-order chi connectivity index (χ1) is 9.22. The van der Waals surface area contributed by atoms with Crippen LogP contribution >= 0.6 is 0 Å². The first-order valence-electron chi connectivity index (χ1n) is 6.60. The van der Waals surface area contributed by atoms with Gasteiger partial charge in [-0.25, -0.2) is 5.84 Å². The minimum Gasteiger partial charge on any atom is -0.342 e. The Bertz CT molecular complexity index is 426. The molecule has 3 aliphatic heterocycles. The second-order valence-corrected chi connectivity index (χ2v) is 6.10. The first-order valence-corrected chi connectivity index (χ1v) is 6.60. The molecule has 0 bridgehead atoms. The standard InChI is InChI=1S/C12H20N2O6/c1-11(2)17-5-6(18-11)8-10(20-12(3,4)19-8)16-7(5)9(15)14-13/h5-8,10H,13H2,1-4H3,(H,14,15). The number of carbonyl (C=O) groups excluding carboxylic acids is 1. The van der Waals surface area contributed by atoms with Crippen LogP contribution in [0.25, 0.3) is 0 Å². The highest BCUT2D eigenvalue weighted by Gasteiger charge is 2.62. The molecule has 0 aromatic carbocycles. The van der Waals surface area contributed by atoms with Gasteiger partial charge in [-0.3, -0.25) is 10.2 Å². The number of nitrogens with two attached hydrogens (primary N) is 1. The van der Waals surface area contributed by atoms with Crippen LogP contribution in [0.1, 0.15) is 27.7 Å². The summed E-state index contributed by atoms with van der Waals surface area (Å²) in [7, 11) is 0. The monoisotopic (exact) mass is 288 g/mol. The quantitative estimate of drug-likeness (QED) is 0.376. The van der Waals surface area contributed by atoms with E-state index in [2.05, 4.69) is 5.43 Å². The van der Waals surface area contributed by atoms with Gasteiger partial charge in [-0.15, -0.1) is 0 Å². The van der Waals surface area contributed by atoms with Crippen molar-refractivity contribution in [3.8, 4) is 0 Å². The lowest BCUT2D eigenvalue weighted by molar-refractivity contribution is -0.231. The van der Waals surface area contributed by atoms with Crippen LogP contribution in [0.2, 0.25) is 0 Å². The highest BCUT2D eigenvalue weighted by atomic mass is 16.9. The van der Waals surface area contributed by atoms with Gasteiger partial charge in [-0.1, -0.05) is 0 Å². The molecule has 0 aromatic rings. The summed E-state index contributed by atoms with van der Waals surface area (Å²) in [6.45, 7) is 7.11. The zero-order valence-electron chi connectivity index (χ0n) is 11.9. The molecule has 5 unspecified atom stereocenters. The number of fused-ring (bicyclic) bond motifs is 3. The van der Waals surface area contributed by atoms with E-state index < -0.39 is 48.2 Å². The maximum absolute atomic E-state index is 11.9. The van der Waals surface area contributed by atoms with E-state index in [1.54, 1.807) is 27.7 Å². The van der Waals surface area contributed by atoms with Crippen LogP contribution in [-0.2, 0) is 28.5 Å². The SMILES string of the molecule is CC1(C)OC2OC(C(=O)NN)C3OC(C)(C)OC3C2O1. The van der Waals surface area contributed by atoms with Gasteiger partial charge in [0.25, 0.3) is 5.91 Å². The fraction of sp³-hybridized carbons (Fsp3) is 0.917. The van der Waals surface area contributed by atoms with Crippen molar-refractivity contribution in [2.45, 2.75) is 70.0 Å². The summed E-state index contributed by atoms with van der Waals surface area (Å²) in [4.78, 5) is 11.9. The summed E-state index contributed by atoms with van der Waals surface area (Å²) in [5.41, 5.74) is 2.08. The summed E-state index contributed by atoms with van der Waals surface area (Å²) < 4.78 is 28.7. The van der Waals surface area contributed by atoms with E-state index in [9.17, 15) is 4.79 Å². The summed E-state index contributed by atoms with van der Waals surface area (Å²) in [6.07, 6.45) is -3.07. The maximum atomic E-state index is 11.9. The average Bonchev–Trinajstić information content (AvgIpc) is 2.81. The Labute approximate surface area is 116 Å². The molecular formula is C12H20N2O6. The molecule has 0 saturated carbocycles. The summed E-state index contributed by atoms with van der Waals surface area (Å²) in [5.74, 6) is 3.09. The Hall–Kier alpha value is -0.770. The molecule has 3 N–H and O–H groups in total. The van der Waals surface area contributed by atoms with Gasteiger partial charge in [0.1, 0.15) is 18.3 Å². The van der Waals surface area contributed by atoms with E-state index in [1.807, 2.05) is 0 Å². The lowest BCUT2D eigenvalue weighted by atomic mass is 9.98. The van der Waals surface area contributed by atoms with Gasteiger partial charge in [0.05, 0.1) is 0 Å². The Morgan fingerprint density at radius 2 is 1.50 bits per heavy atom. The van der Waals surface area contributed by atoms with Crippen LogP contribution in [0.5, 0.6) is 0 Å². The summed E-state index contributed by atoms with van der Waals surface area (Å²) in [6, 6.07) is 0. The fourth-order valence-electron chi connectivity index (χ4n) is 2.91. The highest BCUT2D eigenvalue weighted by molar-refractivity contribution is 5.81. The van der Waals surface area contributed by atoms with Crippen molar-refractivity contribution in [2.24, 2.45) is 5.84 Å². The molecule has 114 valence electrons. The van der Waals surface area contributed by atoms with Crippen LogP contribution in [-0.4, -0.2) is 48.2 Å². The van der Waals surface area contributed by atoms with Crippen LogP contribution < -0.4 is 11.3 Å². The fourth-order valence-corrected chi connectivity index (χ4v) is 2.91. The molecule has 20 heavy (non-hydrogen) atoms. The number of amides is 1. The van der Waals surface area contributed by atoms with Crippen molar-refractivity contribution in [2.75, 3.05) is 0 Å². The predicted octanol–water partition coefficient (Wildman–Crippen LogP) is -0.627. The number of rotatable bonds is 1. The Morgan fingerprint density at radius 3 is 2.15 bits per heavy atom. The molecule has 0 spiro atoms. The molecule has 3 saturated heterocycles. The molecule has 0 radical (unpaired) electrons. The highest BCUT2D eigenvalue weighted by Crippen LogP contribution is 2.43. The van der Waals surface area contributed by atoms with Gasteiger partial charge >= 0.3 is 0 Å². The van der Waals surface area contributed by atoms with E-state index in [4.69, 9.17) is 29.5 Å². The first kappa shape index (κ1) is 14.2. The van der Waals surface area contributed by atoms with Crippen molar-refractivity contribution in [1.29, 1.82) is 0 Å². The molecule has 5 atom stereocenters. The van der Waals surface area contributed by atoms with E-state index in [1.165, 1.54) is 0 Å². The average molecular weight is 288 g/mol. The van der Waals surface area contributed by atoms with Gasteiger partial charge in [0.15, 0.2) is 24.0 Å². The van der Waals surface area contributed by atoms with Gasteiger partial charge in [0, 0.05) is 0 Å². The van der Waals surface area contributed by atoms with E-state index in [-0.39, 0.29) is 0 Å². The molecule has 0 aromatic heterocycles. The summed E-state index contributed by atoms with van der Waals surface area (Å²) in [5, 5.41) is 0. The molecule has 8 heteroatoms. The molecule has 3 fully saturated rings. The Morgan fingerprint density at radius 1 is 0.950 bits per heavy atom. The third-order valence-electron chi connectivity index (χ3n) is 3.56. The molecule has 3 rings (SSSR count). The number of nitrogens with one attached hydrogen (secondary N) is 1. The van der Waals surface area contributed by atoms with Gasteiger partial charge in [0.2, 0.25) is 0 Å².